The van der Waals surface area contributed by atoms with Crippen LogP contribution in [0, 0.1) is 0 Å². The van der Waals surface area contributed by atoms with Gasteiger partial charge in [-0.25, -0.2) is 4.18 Å². The summed E-state index contributed by atoms with van der Waals surface area (Å²) in [6.07, 6.45) is 3.64. The van der Waals surface area contributed by atoms with Crippen molar-refractivity contribution in [2.45, 2.75) is 49.8 Å². The van der Waals surface area contributed by atoms with Crippen LogP contribution in [0.3, 0.4) is 0 Å². The summed E-state index contributed by atoms with van der Waals surface area (Å²) in [7, 11) is -2.52. The number of piperidine rings is 1. The maximum absolute atomic E-state index is 12.7. The summed E-state index contributed by atoms with van der Waals surface area (Å²) in [6.45, 7) is -0.485. The van der Waals surface area contributed by atoms with E-state index in [2.05, 4.69) is 16.1 Å². The molecule has 2 saturated heterocycles. The van der Waals surface area contributed by atoms with E-state index < -0.39 is 28.9 Å². The molecule has 1 aromatic carbocycles. The SMILES string of the molecule is CN1[C@@H]2CC[C@H]1CC(OC(=O)[C@@H](COS(=O)(=O)O)c1ccccc1)C2. The highest BCUT2D eigenvalue weighted by Gasteiger charge is 2.40. The molecule has 1 aromatic rings. The van der Waals surface area contributed by atoms with Crippen molar-refractivity contribution in [3.63, 3.8) is 0 Å². The zero-order chi connectivity index (χ0) is 18.0. The summed E-state index contributed by atoms with van der Waals surface area (Å²) < 4.78 is 40.7. The lowest BCUT2D eigenvalue weighted by Crippen LogP contribution is -2.44. The van der Waals surface area contributed by atoms with Gasteiger partial charge in [-0.1, -0.05) is 30.3 Å². The molecule has 8 heteroatoms. The van der Waals surface area contributed by atoms with E-state index in [1.807, 2.05) is 0 Å². The second kappa shape index (κ2) is 7.41. The van der Waals surface area contributed by atoms with Gasteiger partial charge in [0.1, 0.15) is 12.0 Å². The number of nitrogens with zero attached hydrogens (tertiary/aromatic N) is 1. The summed E-state index contributed by atoms with van der Waals surface area (Å²) in [6, 6.07) is 9.57. The Balaban J connectivity index is 1.69. The molecular formula is C17H23NO6S. The van der Waals surface area contributed by atoms with Crippen LogP contribution >= 0.6 is 0 Å². The predicted molar refractivity (Wildman–Crippen MR) is 90.4 cm³/mol. The molecule has 0 aliphatic carbocycles. The molecule has 138 valence electrons. The molecule has 2 fully saturated rings. The minimum atomic E-state index is -4.62. The van der Waals surface area contributed by atoms with Crippen molar-refractivity contribution in [1.82, 2.24) is 4.90 Å². The fraction of sp³-hybridized carbons (Fsp3) is 0.588. The van der Waals surface area contributed by atoms with Crippen LogP contribution < -0.4 is 0 Å². The molecule has 0 aromatic heterocycles. The lowest BCUT2D eigenvalue weighted by Gasteiger charge is -2.36. The fourth-order valence-electron chi connectivity index (χ4n) is 3.84. The molecule has 0 radical (unpaired) electrons. The van der Waals surface area contributed by atoms with Crippen LogP contribution in [-0.4, -0.2) is 55.7 Å². The Hall–Kier alpha value is -1.48. The summed E-state index contributed by atoms with van der Waals surface area (Å²) in [5, 5.41) is 0. The van der Waals surface area contributed by atoms with E-state index in [0.29, 0.717) is 17.6 Å². The molecule has 2 aliphatic rings. The largest absolute Gasteiger partial charge is 0.462 e. The average molecular weight is 369 g/mol. The fourth-order valence-corrected chi connectivity index (χ4v) is 4.15. The van der Waals surface area contributed by atoms with Crippen LogP contribution in [0.5, 0.6) is 0 Å². The molecule has 2 bridgehead atoms. The molecule has 0 spiro atoms. The van der Waals surface area contributed by atoms with Crippen molar-refractivity contribution in [3.05, 3.63) is 35.9 Å². The zero-order valence-electron chi connectivity index (χ0n) is 14.1. The van der Waals surface area contributed by atoms with Gasteiger partial charge in [0.25, 0.3) is 0 Å². The number of benzene rings is 1. The zero-order valence-corrected chi connectivity index (χ0v) is 14.9. The van der Waals surface area contributed by atoms with Gasteiger partial charge < -0.3 is 9.64 Å². The van der Waals surface area contributed by atoms with Crippen molar-refractivity contribution in [1.29, 1.82) is 0 Å². The molecule has 25 heavy (non-hydrogen) atoms. The number of hydrogen-bond acceptors (Lipinski definition) is 6. The quantitative estimate of drug-likeness (QED) is 0.603. The van der Waals surface area contributed by atoms with Crippen LogP contribution in [0.25, 0.3) is 0 Å². The molecule has 1 N–H and O–H groups in total. The Kier molecular flexibility index (Phi) is 5.43. The maximum atomic E-state index is 12.7. The van der Waals surface area contributed by atoms with E-state index in [1.54, 1.807) is 30.3 Å². The first-order chi connectivity index (χ1) is 11.8. The number of rotatable bonds is 6. The lowest BCUT2D eigenvalue weighted by atomic mass is 9.98. The summed E-state index contributed by atoms with van der Waals surface area (Å²) >= 11 is 0. The van der Waals surface area contributed by atoms with Gasteiger partial charge >= 0.3 is 16.4 Å². The Bertz CT molecular complexity index is 693. The van der Waals surface area contributed by atoms with Gasteiger partial charge in [-0.05, 0) is 38.3 Å². The van der Waals surface area contributed by atoms with Crippen LogP contribution in [0.2, 0.25) is 0 Å². The Morgan fingerprint density at radius 3 is 2.40 bits per heavy atom. The Labute approximate surface area is 147 Å². The number of carbonyl (C=O) groups excluding carboxylic acids is 1. The third-order valence-corrected chi connectivity index (χ3v) is 5.64. The minimum absolute atomic E-state index is 0.168. The molecule has 3 rings (SSSR count). The van der Waals surface area contributed by atoms with E-state index in [1.165, 1.54) is 0 Å². The van der Waals surface area contributed by atoms with Gasteiger partial charge in [-0.15, -0.1) is 0 Å². The molecule has 2 aliphatic heterocycles. The molecular weight excluding hydrogens is 346 g/mol. The van der Waals surface area contributed by atoms with Crippen LogP contribution in [0.15, 0.2) is 30.3 Å². The van der Waals surface area contributed by atoms with Gasteiger partial charge in [0, 0.05) is 12.1 Å². The summed E-state index contributed by atoms with van der Waals surface area (Å²) in [5.74, 6) is -1.43. The topological polar surface area (TPSA) is 93.1 Å². The monoisotopic (exact) mass is 369 g/mol. The van der Waals surface area contributed by atoms with Gasteiger partial charge in [0.15, 0.2) is 0 Å². The van der Waals surface area contributed by atoms with Crippen LogP contribution in [0.1, 0.15) is 37.2 Å². The molecule has 0 amide bonds. The maximum Gasteiger partial charge on any atom is 0.397 e. The van der Waals surface area contributed by atoms with Crippen LogP contribution in [-0.2, 0) is 24.1 Å². The standard InChI is InChI=1S/C17H23NO6S/c1-18-13-7-8-14(18)10-15(9-13)24-17(19)16(11-23-25(20,21)22)12-5-3-2-4-6-12/h2-6,13-16H,7-11H2,1H3,(H,20,21,22)/t13-,14+,15?,16-/m0/s1. The Morgan fingerprint density at radius 1 is 1.24 bits per heavy atom. The third kappa shape index (κ3) is 4.58. The summed E-state index contributed by atoms with van der Waals surface area (Å²) in [5.41, 5.74) is 0.590. The highest BCUT2D eigenvalue weighted by molar-refractivity contribution is 7.80. The average Bonchev–Trinajstić information content (AvgIpc) is 2.77. The first kappa shape index (κ1) is 18.3. The van der Waals surface area contributed by atoms with Crippen molar-refractivity contribution in [3.8, 4) is 0 Å². The van der Waals surface area contributed by atoms with E-state index in [9.17, 15) is 13.2 Å². The van der Waals surface area contributed by atoms with Gasteiger partial charge in [0.05, 0.1) is 6.61 Å². The number of ether oxygens (including phenoxy) is 1. The minimum Gasteiger partial charge on any atom is -0.462 e. The number of hydrogen-bond donors (Lipinski definition) is 1. The smallest absolute Gasteiger partial charge is 0.397 e. The highest BCUT2D eigenvalue weighted by Crippen LogP contribution is 2.36. The third-order valence-electron chi connectivity index (χ3n) is 5.21. The predicted octanol–water partition coefficient (Wildman–Crippen LogP) is 1.76. The summed E-state index contributed by atoms with van der Waals surface area (Å²) in [4.78, 5) is 15.0. The van der Waals surface area contributed by atoms with Crippen molar-refractivity contribution >= 4 is 16.4 Å². The van der Waals surface area contributed by atoms with Gasteiger partial charge in [-0.2, -0.15) is 8.42 Å². The second-order valence-electron chi connectivity index (χ2n) is 6.76. The second-order valence-corrected chi connectivity index (χ2v) is 7.85. The molecule has 1 unspecified atom stereocenters. The van der Waals surface area contributed by atoms with Crippen LogP contribution in [0.4, 0.5) is 0 Å². The first-order valence-electron chi connectivity index (χ1n) is 8.42. The van der Waals surface area contributed by atoms with E-state index in [0.717, 1.165) is 25.7 Å². The Morgan fingerprint density at radius 2 is 1.84 bits per heavy atom. The molecule has 2 heterocycles. The van der Waals surface area contributed by atoms with Crippen molar-refractivity contribution in [2.24, 2.45) is 0 Å². The van der Waals surface area contributed by atoms with Gasteiger partial charge in [0.2, 0.25) is 0 Å². The van der Waals surface area contributed by atoms with Gasteiger partial charge in [-0.3, -0.25) is 9.35 Å². The number of carbonyl (C=O) groups is 1. The van der Waals surface area contributed by atoms with E-state index in [4.69, 9.17) is 9.29 Å². The van der Waals surface area contributed by atoms with Crippen molar-refractivity contribution in [2.75, 3.05) is 13.7 Å². The molecule has 0 saturated carbocycles. The molecule has 4 atom stereocenters. The van der Waals surface area contributed by atoms with E-state index in [-0.39, 0.29) is 6.10 Å². The number of fused-ring (bicyclic) bond motifs is 2. The number of esters is 1. The van der Waals surface area contributed by atoms with Crippen molar-refractivity contribution < 1.29 is 26.7 Å². The highest BCUT2D eigenvalue weighted by atomic mass is 32.3. The lowest BCUT2D eigenvalue weighted by molar-refractivity contribution is -0.155. The van der Waals surface area contributed by atoms with E-state index >= 15 is 0 Å². The first-order valence-corrected chi connectivity index (χ1v) is 9.79. The normalized spacial score (nSPS) is 27.8. The molecule has 7 nitrogen and oxygen atoms in total.